The van der Waals surface area contributed by atoms with Crippen LogP contribution in [-0.2, 0) is 6.61 Å². The van der Waals surface area contributed by atoms with Crippen LogP contribution < -0.4 is 9.64 Å². The average molecular weight is 538 g/mol. The van der Waals surface area contributed by atoms with Gasteiger partial charge in [-0.3, -0.25) is 0 Å². The Morgan fingerprint density at radius 1 is 1.20 bits per heavy atom. The molecule has 2 heterocycles. The summed E-state index contributed by atoms with van der Waals surface area (Å²) < 4.78 is 7.18. The molecule has 0 amide bonds. The van der Waals surface area contributed by atoms with Crippen LogP contribution in [0.1, 0.15) is 84.2 Å². The van der Waals surface area contributed by atoms with E-state index >= 15 is 0 Å². The Kier molecular flexibility index (Phi) is 8.06. The summed E-state index contributed by atoms with van der Waals surface area (Å²) in [7, 11) is 0. The maximum atomic E-state index is 12.0. The number of hydrogen-bond acceptors (Lipinski definition) is 5. The van der Waals surface area contributed by atoms with Crippen molar-refractivity contribution in [3.63, 3.8) is 0 Å². The minimum Gasteiger partial charge on any atom is -0.487 e. The number of carboxylic acids is 1. The van der Waals surface area contributed by atoms with Crippen LogP contribution in [0.4, 0.5) is 5.95 Å². The van der Waals surface area contributed by atoms with Crippen molar-refractivity contribution in [2.75, 3.05) is 11.4 Å². The van der Waals surface area contributed by atoms with Gasteiger partial charge in [0.25, 0.3) is 0 Å². The van der Waals surface area contributed by atoms with Gasteiger partial charge in [0, 0.05) is 17.2 Å². The molecule has 7 heteroatoms. The zero-order valence-corrected chi connectivity index (χ0v) is 22.1. The summed E-state index contributed by atoms with van der Waals surface area (Å²) in [6, 6.07) is 14.5. The van der Waals surface area contributed by atoms with E-state index in [4.69, 9.17) is 9.72 Å². The highest BCUT2D eigenvalue weighted by molar-refractivity contribution is 9.10. The first kappa shape index (κ1) is 25.2. The first-order chi connectivity index (χ1) is 16.8. The summed E-state index contributed by atoms with van der Waals surface area (Å²) >= 11 is 3.71. The van der Waals surface area contributed by atoms with Crippen molar-refractivity contribution in [1.29, 1.82) is 0 Å². The first-order valence-electron chi connectivity index (χ1n) is 12.2. The van der Waals surface area contributed by atoms with Crippen molar-refractivity contribution in [1.82, 2.24) is 9.97 Å². The Bertz CT molecular complexity index is 1200. The van der Waals surface area contributed by atoms with Crippen molar-refractivity contribution in [3.05, 3.63) is 81.1 Å². The van der Waals surface area contributed by atoms with Crippen LogP contribution in [0.2, 0.25) is 0 Å². The summed E-state index contributed by atoms with van der Waals surface area (Å²) in [5.41, 5.74) is 3.82. The highest BCUT2D eigenvalue weighted by Crippen LogP contribution is 2.36. The molecule has 1 saturated heterocycles. The van der Waals surface area contributed by atoms with E-state index in [0.717, 1.165) is 48.0 Å². The molecular formula is C28H32BrN3O3. The third-order valence-corrected chi connectivity index (χ3v) is 7.32. The molecule has 1 atom stereocenters. The summed E-state index contributed by atoms with van der Waals surface area (Å²) in [5, 5.41) is 9.79. The van der Waals surface area contributed by atoms with Crippen molar-refractivity contribution in [2.45, 2.75) is 65.0 Å². The second kappa shape index (κ2) is 11.2. The van der Waals surface area contributed by atoms with E-state index in [0.29, 0.717) is 17.6 Å². The van der Waals surface area contributed by atoms with E-state index in [1.54, 1.807) is 0 Å². The molecule has 0 bridgehead atoms. The van der Waals surface area contributed by atoms with Crippen molar-refractivity contribution >= 4 is 27.8 Å². The van der Waals surface area contributed by atoms with Crippen LogP contribution in [0.25, 0.3) is 0 Å². The fraction of sp³-hybridized carbons (Fsp3) is 0.393. The van der Waals surface area contributed by atoms with Gasteiger partial charge in [0.05, 0.1) is 11.7 Å². The molecular weight excluding hydrogens is 506 g/mol. The molecule has 0 saturated carbocycles. The van der Waals surface area contributed by atoms with Gasteiger partial charge in [-0.15, -0.1) is 0 Å². The Labute approximate surface area is 215 Å². The molecule has 1 aliphatic rings. The Morgan fingerprint density at radius 3 is 2.74 bits per heavy atom. The second-order valence-corrected chi connectivity index (χ2v) is 10.2. The molecule has 0 aliphatic carbocycles. The highest BCUT2D eigenvalue weighted by atomic mass is 79.9. The van der Waals surface area contributed by atoms with E-state index in [1.165, 1.54) is 17.3 Å². The lowest BCUT2D eigenvalue weighted by atomic mass is 10.0. The number of hydrogen-bond donors (Lipinski definition) is 1. The van der Waals surface area contributed by atoms with E-state index in [-0.39, 0.29) is 18.2 Å². The van der Waals surface area contributed by atoms with Gasteiger partial charge in [0.1, 0.15) is 17.9 Å². The Balaban J connectivity index is 1.67. The van der Waals surface area contributed by atoms with E-state index in [2.05, 4.69) is 57.9 Å². The normalized spacial score (nSPS) is 16.3. The molecule has 0 spiro atoms. The number of carbonyl (C=O) groups is 1. The summed E-state index contributed by atoms with van der Waals surface area (Å²) in [4.78, 5) is 23.4. The van der Waals surface area contributed by atoms with E-state index in [9.17, 15) is 9.90 Å². The minimum atomic E-state index is -1.05. The highest BCUT2D eigenvalue weighted by Gasteiger charge is 2.27. The van der Waals surface area contributed by atoms with Gasteiger partial charge in [-0.2, -0.15) is 0 Å². The van der Waals surface area contributed by atoms with Crippen molar-refractivity contribution in [3.8, 4) is 5.75 Å². The van der Waals surface area contributed by atoms with Gasteiger partial charge in [0.2, 0.25) is 5.95 Å². The molecule has 4 rings (SSSR count). The van der Waals surface area contributed by atoms with Gasteiger partial charge in [-0.1, -0.05) is 73.0 Å². The summed E-state index contributed by atoms with van der Waals surface area (Å²) in [6.45, 7) is 7.14. The molecule has 0 radical (unpaired) electrons. The van der Waals surface area contributed by atoms with Crippen LogP contribution in [-0.4, -0.2) is 27.6 Å². The SMILES string of the molecule is Cc1ccc(C(C)C)cc1OCc1nc(N2CCCCCC2c2ccccc2Br)ncc1C(=O)O. The predicted octanol–water partition coefficient (Wildman–Crippen LogP) is 7.07. The Morgan fingerprint density at radius 2 is 2.00 bits per heavy atom. The molecule has 35 heavy (non-hydrogen) atoms. The van der Waals surface area contributed by atoms with Crippen LogP contribution in [0, 0.1) is 6.92 Å². The molecule has 1 aromatic heterocycles. The topological polar surface area (TPSA) is 75.5 Å². The first-order valence-corrected chi connectivity index (χ1v) is 13.0. The molecule has 1 aliphatic heterocycles. The zero-order chi connectivity index (χ0) is 24.9. The van der Waals surface area contributed by atoms with E-state index in [1.807, 2.05) is 31.2 Å². The fourth-order valence-corrected chi connectivity index (χ4v) is 5.08. The number of rotatable bonds is 7. The number of anilines is 1. The number of nitrogens with zero attached hydrogens (tertiary/aromatic N) is 3. The van der Waals surface area contributed by atoms with E-state index < -0.39 is 5.97 Å². The van der Waals surface area contributed by atoms with Gasteiger partial charge < -0.3 is 14.7 Å². The van der Waals surface area contributed by atoms with Crippen LogP contribution in [0.3, 0.4) is 0 Å². The van der Waals surface area contributed by atoms with Crippen LogP contribution >= 0.6 is 15.9 Å². The number of benzene rings is 2. The Hall–Kier alpha value is -2.93. The number of halogens is 1. The number of aromatic nitrogens is 2. The molecule has 3 aromatic rings. The molecule has 1 unspecified atom stereocenters. The fourth-order valence-electron chi connectivity index (χ4n) is 4.53. The average Bonchev–Trinajstić information content (AvgIpc) is 3.09. The van der Waals surface area contributed by atoms with Gasteiger partial charge in [0.15, 0.2) is 0 Å². The van der Waals surface area contributed by atoms with Crippen LogP contribution in [0.15, 0.2) is 53.1 Å². The molecule has 1 N–H and O–H groups in total. The lowest BCUT2D eigenvalue weighted by Gasteiger charge is -2.31. The number of aromatic carboxylic acids is 1. The van der Waals surface area contributed by atoms with Crippen molar-refractivity contribution < 1.29 is 14.6 Å². The van der Waals surface area contributed by atoms with Crippen LogP contribution in [0.5, 0.6) is 5.75 Å². The standard InChI is InChI=1S/C28H32BrN3O3/c1-18(2)20-13-12-19(3)26(15-20)35-17-24-22(27(33)34)16-30-28(31-24)32-14-8-4-5-11-25(32)21-9-6-7-10-23(21)29/h6-7,9-10,12-13,15-16,18,25H,4-5,8,11,14,17H2,1-3H3,(H,33,34). The number of carboxylic acid groups (broad SMARTS) is 1. The maximum absolute atomic E-state index is 12.0. The number of ether oxygens (including phenoxy) is 1. The lowest BCUT2D eigenvalue weighted by molar-refractivity contribution is 0.0692. The second-order valence-electron chi connectivity index (χ2n) is 9.38. The maximum Gasteiger partial charge on any atom is 0.339 e. The van der Waals surface area contributed by atoms with Gasteiger partial charge in [-0.05, 0) is 54.5 Å². The minimum absolute atomic E-state index is 0.0626. The molecule has 6 nitrogen and oxygen atoms in total. The monoisotopic (exact) mass is 537 g/mol. The largest absolute Gasteiger partial charge is 0.487 e. The van der Waals surface area contributed by atoms with Crippen molar-refractivity contribution in [2.24, 2.45) is 0 Å². The quantitative estimate of drug-likeness (QED) is 0.347. The molecule has 1 fully saturated rings. The molecule has 184 valence electrons. The predicted molar refractivity (Wildman–Crippen MR) is 141 cm³/mol. The third-order valence-electron chi connectivity index (χ3n) is 6.60. The van der Waals surface area contributed by atoms with Gasteiger partial charge in [-0.25, -0.2) is 14.8 Å². The molecule has 2 aromatic carbocycles. The number of aryl methyl sites for hydroxylation is 1. The lowest BCUT2D eigenvalue weighted by Crippen LogP contribution is -2.31. The van der Waals surface area contributed by atoms with Gasteiger partial charge >= 0.3 is 5.97 Å². The smallest absolute Gasteiger partial charge is 0.339 e. The summed E-state index contributed by atoms with van der Waals surface area (Å²) in [5.74, 6) is 0.606. The third kappa shape index (κ3) is 5.84. The zero-order valence-electron chi connectivity index (χ0n) is 20.5. The summed E-state index contributed by atoms with van der Waals surface area (Å²) in [6.07, 6.45) is 5.71.